The minimum Gasteiger partial charge on any atom is -0.459 e. The molecule has 0 aromatic rings. The van der Waals surface area contributed by atoms with Crippen LogP contribution in [-0.2, 0) is 57.2 Å². The zero-order valence-electron chi connectivity index (χ0n) is 74.8. The third-order valence-corrected chi connectivity index (χ3v) is 30.9. The van der Waals surface area contributed by atoms with Crippen LogP contribution in [0.5, 0.6) is 0 Å². The molecule has 9 fully saturated rings. The molecule has 0 aromatic carbocycles. The van der Waals surface area contributed by atoms with Crippen molar-refractivity contribution in [2.75, 3.05) is 0 Å². The minimum absolute atomic E-state index is 0.00921. The van der Waals surface area contributed by atoms with Gasteiger partial charge in [-0.15, -0.1) is 0 Å². The first-order valence-electron chi connectivity index (χ1n) is 44.2. The molecular formula is C94H170O12. The first-order valence-corrected chi connectivity index (χ1v) is 44.2. The van der Waals surface area contributed by atoms with Gasteiger partial charge in [0, 0.05) is 5.41 Å². The van der Waals surface area contributed by atoms with Crippen LogP contribution in [0.4, 0.5) is 0 Å². The predicted molar refractivity (Wildman–Crippen MR) is 437 cm³/mol. The van der Waals surface area contributed by atoms with Crippen LogP contribution in [0.25, 0.3) is 0 Å². The molecule has 0 aliphatic heterocycles. The number of hydrogen-bond acceptors (Lipinski definition) is 12. The number of rotatable bonds is 22. The van der Waals surface area contributed by atoms with Crippen LogP contribution in [0.2, 0.25) is 0 Å². The summed E-state index contributed by atoms with van der Waals surface area (Å²) in [5.74, 6) is 4.21. The molecule has 12 heteroatoms. The summed E-state index contributed by atoms with van der Waals surface area (Å²) in [6.07, 6.45) is 44.6. The Kier molecular flexibility index (Phi) is 34.6. The summed E-state index contributed by atoms with van der Waals surface area (Å²) in [5, 5.41) is 0. The molecule has 9 aliphatic carbocycles. The van der Waals surface area contributed by atoms with Gasteiger partial charge in [-0.25, -0.2) is 0 Å². The maximum absolute atomic E-state index is 12.8. The summed E-state index contributed by atoms with van der Waals surface area (Å²) in [6, 6.07) is 0. The lowest BCUT2D eigenvalue weighted by molar-refractivity contribution is -0.187. The van der Waals surface area contributed by atoms with E-state index < -0.39 is 0 Å². The Labute approximate surface area is 652 Å². The average molecular weight is 1490 g/mol. The van der Waals surface area contributed by atoms with Crippen molar-refractivity contribution in [3.63, 3.8) is 0 Å². The highest BCUT2D eigenvalue weighted by molar-refractivity contribution is 5.79. The maximum Gasteiger partial charge on any atom is 0.312 e. The normalized spacial score (nSPS) is 26.7. The first-order chi connectivity index (χ1) is 48.8. The molecule has 0 saturated heterocycles. The van der Waals surface area contributed by atoms with Gasteiger partial charge in [-0.2, -0.15) is 0 Å². The van der Waals surface area contributed by atoms with Crippen molar-refractivity contribution >= 4 is 35.8 Å². The van der Waals surface area contributed by atoms with Gasteiger partial charge in [0.15, 0.2) is 0 Å². The van der Waals surface area contributed by atoms with Gasteiger partial charge >= 0.3 is 35.8 Å². The Morgan fingerprint density at radius 1 is 0.311 bits per heavy atom. The van der Waals surface area contributed by atoms with Crippen LogP contribution in [0, 0.1) is 84.7 Å². The molecule has 0 amide bonds. The quantitative estimate of drug-likeness (QED) is 0.0575. The van der Waals surface area contributed by atoms with Gasteiger partial charge in [0.05, 0.1) is 32.5 Å². The largest absolute Gasteiger partial charge is 0.459 e. The fraction of sp³-hybridized carbons (Fsp3) is 0.936. The van der Waals surface area contributed by atoms with Gasteiger partial charge < -0.3 is 28.4 Å². The van der Waals surface area contributed by atoms with Crippen molar-refractivity contribution in [3.05, 3.63) is 0 Å². The predicted octanol–water partition coefficient (Wildman–Crippen LogP) is 26.3. The van der Waals surface area contributed by atoms with E-state index in [2.05, 4.69) is 90.0 Å². The second-order valence-corrected chi connectivity index (χ2v) is 42.1. The van der Waals surface area contributed by atoms with Crippen LogP contribution in [0.3, 0.4) is 0 Å². The van der Waals surface area contributed by atoms with E-state index in [0.29, 0.717) is 35.5 Å². The molecule has 106 heavy (non-hydrogen) atoms. The van der Waals surface area contributed by atoms with Crippen LogP contribution in [0.15, 0.2) is 0 Å². The summed E-state index contributed by atoms with van der Waals surface area (Å²) in [4.78, 5) is 73.6. The Balaban J connectivity index is 0.000000270. The molecule has 0 spiro atoms. The Morgan fingerprint density at radius 2 is 0.623 bits per heavy atom. The SMILES string of the molecule is CCC(C)(C)C(=O)OC(C)(C)C1CCCC1.CCC(C)(C)C(=O)OC(C)(C)C1CCCCC1.CCC(C)(C)C(=O)OC(C)(C1CCCCC1)C1CCCCC1.CCC(C)(C)C(=O)OC1(C)CC2CCC1(C)C2(C)C.CCC(C)(C)C(=O)OC1(C)CC2CCC1C2.CCC(C)(C)C(=O)OC1(C)CCCCCC1. The van der Waals surface area contributed by atoms with Gasteiger partial charge in [0.2, 0.25) is 0 Å². The lowest BCUT2D eigenvalue weighted by Crippen LogP contribution is -2.49. The Morgan fingerprint density at radius 3 is 0.934 bits per heavy atom. The zero-order valence-corrected chi connectivity index (χ0v) is 74.8. The molecule has 9 aliphatic rings. The van der Waals surface area contributed by atoms with E-state index in [1.54, 1.807) is 0 Å². The lowest BCUT2D eigenvalue weighted by atomic mass is 9.65. The van der Waals surface area contributed by atoms with E-state index in [-0.39, 0.29) is 113 Å². The van der Waals surface area contributed by atoms with Crippen molar-refractivity contribution < 1.29 is 57.2 Å². The smallest absolute Gasteiger partial charge is 0.312 e. The summed E-state index contributed by atoms with van der Waals surface area (Å²) < 4.78 is 35.6. The van der Waals surface area contributed by atoms with Gasteiger partial charge in [0.1, 0.15) is 33.6 Å². The zero-order chi connectivity index (χ0) is 80.6. The number of esters is 6. The van der Waals surface area contributed by atoms with Crippen LogP contribution < -0.4 is 0 Å². The van der Waals surface area contributed by atoms with Gasteiger partial charge in [0.25, 0.3) is 0 Å². The van der Waals surface area contributed by atoms with Crippen molar-refractivity contribution in [1.29, 1.82) is 0 Å². The second-order valence-electron chi connectivity index (χ2n) is 42.1. The molecule has 9 rings (SSSR count). The van der Waals surface area contributed by atoms with E-state index in [0.717, 1.165) is 70.1 Å². The second kappa shape index (κ2) is 38.6. The van der Waals surface area contributed by atoms with Crippen molar-refractivity contribution in [2.45, 2.75) is 478 Å². The van der Waals surface area contributed by atoms with Gasteiger partial charge in [-0.1, -0.05) is 146 Å². The molecule has 0 radical (unpaired) electrons. The topological polar surface area (TPSA) is 158 Å². The third kappa shape index (κ3) is 24.7. The molecule has 6 unspecified atom stereocenters. The molecule has 6 atom stereocenters. The third-order valence-electron chi connectivity index (χ3n) is 30.9. The number of hydrogen-bond donors (Lipinski definition) is 0. The minimum atomic E-state index is -0.370. The number of carbonyl (C=O) groups excluding carboxylic acids is 6. The molecule has 618 valence electrons. The number of fused-ring (bicyclic) bond motifs is 4. The highest BCUT2D eigenvalue weighted by atomic mass is 16.6. The maximum atomic E-state index is 12.8. The standard InChI is InChI=1S/C20H36O2.C17H30O2.C15H28O2.C14H24O2.2C14H26O2/c1-5-19(2,3)18(21)22-20(4,16-12-8-6-9-13-16)17-14-10-7-11-15-17;1-8-14(2,3)13(18)19-17(7)11-12-9-10-16(17,6)15(12,4)5;1-6-14(2,3)13(16)17-15(4,5)12-10-8-7-9-11-12;1-5-13(2,3)12(15)16-14(4)9-10-6-7-11(14)8-10;1-6-13(2,3)12(15)16-14(4,5)11-9-7-8-10-11;1-5-13(2,3)12(15)16-14(4)10-8-6-7-9-11-14/h16-17H,5-15H2,1-4H3;12H,8-11H2,1-7H3;12H,6-11H2,1-5H3;10-11H,5-9H2,1-4H3;11H,6-10H2,1-5H3;5-11H2,1-4H3. The van der Waals surface area contributed by atoms with Crippen LogP contribution >= 0.6 is 0 Å². The summed E-state index contributed by atoms with van der Waals surface area (Å²) >= 11 is 0. The van der Waals surface area contributed by atoms with Gasteiger partial charge in [-0.3, -0.25) is 28.8 Å². The van der Waals surface area contributed by atoms with E-state index in [1.165, 1.54) is 180 Å². The van der Waals surface area contributed by atoms with Crippen LogP contribution in [0.1, 0.15) is 445 Å². The fourth-order valence-corrected chi connectivity index (χ4v) is 18.5. The summed E-state index contributed by atoms with van der Waals surface area (Å²) in [5.41, 5.74) is -3.19. The van der Waals surface area contributed by atoms with E-state index in [4.69, 9.17) is 28.4 Å². The molecule has 0 N–H and O–H groups in total. The fourth-order valence-electron chi connectivity index (χ4n) is 18.5. The van der Waals surface area contributed by atoms with Crippen LogP contribution in [-0.4, -0.2) is 69.4 Å². The monoisotopic (exact) mass is 1490 g/mol. The van der Waals surface area contributed by atoms with E-state index in [9.17, 15) is 28.8 Å². The molecular weight excluding hydrogens is 1320 g/mol. The van der Waals surface area contributed by atoms with E-state index >= 15 is 0 Å². The summed E-state index contributed by atoms with van der Waals surface area (Å²) in [6.45, 7) is 60.0. The molecule has 0 aromatic heterocycles. The van der Waals surface area contributed by atoms with Gasteiger partial charge in [-0.05, 0) is 346 Å². The Hall–Kier alpha value is -3.18. The highest BCUT2D eigenvalue weighted by Crippen LogP contribution is 2.71. The number of ether oxygens (including phenoxy) is 6. The molecule has 12 nitrogen and oxygen atoms in total. The number of carbonyl (C=O) groups is 6. The first kappa shape index (κ1) is 95.2. The van der Waals surface area contributed by atoms with Crippen molar-refractivity contribution in [1.82, 2.24) is 0 Å². The average Bonchev–Trinajstić information content (AvgIpc) is 1.53. The lowest BCUT2D eigenvalue weighted by Gasteiger charge is -2.47. The summed E-state index contributed by atoms with van der Waals surface area (Å²) in [7, 11) is 0. The van der Waals surface area contributed by atoms with E-state index in [1.807, 2.05) is 111 Å². The highest BCUT2D eigenvalue weighted by Gasteiger charge is 2.69. The Bertz CT molecular complexity index is 2700. The molecule has 4 bridgehead atoms. The van der Waals surface area contributed by atoms with Crippen molar-refractivity contribution in [3.8, 4) is 0 Å². The van der Waals surface area contributed by atoms with Crippen molar-refractivity contribution in [2.24, 2.45) is 84.7 Å². The molecule has 9 saturated carbocycles. The molecule has 0 heterocycles.